The van der Waals surface area contributed by atoms with E-state index < -0.39 is 11.9 Å². The van der Waals surface area contributed by atoms with Gasteiger partial charge in [0, 0.05) is 12.9 Å². The van der Waals surface area contributed by atoms with Crippen LogP contribution in [0.2, 0.25) is 0 Å². The number of carbonyl (C=O) groups excluding carboxylic acids is 1. The van der Waals surface area contributed by atoms with Gasteiger partial charge < -0.3 is 15.0 Å². The summed E-state index contributed by atoms with van der Waals surface area (Å²) >= 11 is 0. The molecule has 0 aliphatic heterocycles. The van der Waals surface area contributed by atoms with Crippen molar-refractivity contribution in [3.63, 3.8) is 0 Å². The summed E-state index contributed by atoms with van der Waals surface area (Å²) in [7, 11) is 0. The van der Waals surface area contributed by atoms with Crippen molar-refractivity contribution >= 4 is 11.9 Å². The van der Waals surface area contributed by atoms with Crippen molar-refractivity contribution in [2.45, 2.75) is 13.8 Å². The Labute approximate surface area is 68.4 Å². The first-order valence-corrected chi connectivity index (χ1v) is 1.84. The van der Waals surface area contributed by atoms with Crippen molar-refractivity contribution in [3.05, 3.63) is 0 Å². The first kappa shape index (κ1) is 15.9. The van der Waals surface area contributed by atoms with Crippen molar-refractivity contribution in [1.82, 2.24) is 0 Å². The molecule has 0 fully saturated rings. The first-order valence-electron chi connectivity index (χ1n) is 1.84. The van der Waals surface area contributed by atoms with Gasteiger partial charge in [-0.25, -0.2) is 0 Å². The third-order valence-electron chi connectivity index (χ3n) is 0. The van der Waals surface area contributed by atoms with Crippen LogP contribution in [0, 0.1) is 0 Å². The molecule has 0 aromatic carbocycles. The Balaban J connectivity index is -0.0000000720. The summed E-state index contributed by atoms with van der Waals surface area (Å²) in [6.45, 7) is 2.06. The molecule has 0 aliphatic rings. The van der Waals surface area contributed by atoms with E-state index in [1.54, 1.807) is 0 Å². The van der Waals surface area contributed by atoms with E-state index >= 15 is 0 Å². The summed E-state index contributed by atoms with van der Waals surface area (Å²) in [4.78, 5) is 17.9. The van der Waals surface area contributed by atoms with Gasteiger partial charge in [-0.15, -0.1) is 0 Å². The van der Waals surface area contributed by atoms with Gasteiger partial charge in [-0.1, -0.05) is 0 Å². The van der Waals surface area contributed by atoms with Crippen LogP contribution in [-0.2, 0) is 32.0 Å². The third-order valence-corrected chi connectivity index (χ3v) is 0. The van der Waals surface area contributed by atoms with Crippen LogP contribution in [0.3, 0.4) is 0 Å². The Kier molecular flexibility index (Phi) is 18.7. The van der Waals surface area contributed by atoms with Crippen LogP contribution in [0.1, 0.15) is 13.8 Å². The van der Waals surface area contributed by atoms with Crippen LogP contribution in [0.4, 0.5) is 0 Å². The van der Waals surface area contributed by atoms with Crippen molar-refractivity contribution < 1.29 is 42.2 Å². The average molecular weight is 227 g/mol. The zero-order valence-corrected chi connectivity index (χ0v) is 6.46. The molecule has 1 N–H and O–H groups in total. The molecule has 0 spiro atoms. The molecule has 0 unspecified atom stereocenters. The second-order valence-electron chi connectivity index (χ2n) is 1.01. The van der Waals surface area contributed by atoms with Crippen molar-refractivity contribution in [2.24, 2.45) is 0 Å². The van der Waals surface area contributed by atoms with Crippen LogP contribution < -0.4 is 5.11 Å². The summed E-state index contributed by atoms with van der Waals surface area (Å²) in [6, 6.07) is 0. The second kappa shape index (κ2) is 10.6. The maximum atomic E-state index is 9.00. The molecular formula is C4H7AgO4. The largest absolute Gasteiger partial charge is 1.00 e. The van der Waals surface area contributed by atoms with E-state index in [4.69, 9.17) is 19.8 Å². The summed E-state index contributed by atoms with van der Waals surface area (Å²) in [6.07, 6.45) is 0. The average Bonchev–Trinajstić information content (AvgIpc) is 1.25. The number of hydrogen-bond donors (Lipinski definition) is 1. The number of carbonyl (C=O) groups is 2. The molecule has 0 rings (SSSR count). The van der Waals surface area contributed by atoms with Crippen LogP contribution in [0.15, 0.2) is 0 Å². The molecule has 5 heteroatoms. The van der Waals surface area contributed by atoms with Crippen LogP contribution >= 0.6 is 0 Å². The van der Waals surface area contributed by atoms with Gasteiger partial charge in [-0.2, -0.15) is 0 Å². The quantitative estimate of drug-likeness (QED) is 0.529. The fourth-order valence-corrected chi connectivity index (χ4v) is 0. The van der Waals surface area contributed by atoms with Gasteiger partial charge in [-0.3, -0.25) is 4.79 Å². The van der Waals surface area contributed by atoms with Crippen molar-refractivity contribution in [1.29, 1.82) is 0 Å². The van der Waals surface area contributed by atoms with Gasteiger partial charge in [0.15, 0.2) is 0 Å². The van der Waals surface area contributed by atoms with E-state index in [0.29, 0.717) is 0 Å². The number of hydrogen-bond acceptors (Lipinski definition) is 3. The normalized spacial score (nSPS) is 5.56. The third kappa shape index (κ3) is 2420. The molecule has 0 aliphatic carbocycles. The van der Waals surface area contributed by atoms with E-state index in [-0.39, 0.29) is 22.4 Å². The molecule has 0 radical (unpaired) electrons. The molecule has 0 aromatic rings. The van der Waals surface area contributed by atoms with Crippen LogP contribution in [0.25, 0.3) is 0 Å². The Bertz CT molecular complexity index is 70.6. The SMILES string of the molecule is CC(=O)O.CC(=O)[O-].[Ag+]. The molecule has 0 saturated heterocycles. The van der Waals surface area contributed by atoms with Gasteiger partial charge in [-0.05, 0) is 6.92 Å². The Morgan fingerprint density at radius 1 is 1.33 bits per heavy atom. The van der Waals surface area contributed by atoms with Gasteiger partial charge in [0.1, 0.15) is 0 Å². The van der Waals surface area contributed by atoms with Crippen LogP contribution in [-0.4, -0.2) is 17.0 Å². The van der Waals surface area contributed by atoms with E-state index in [1.165, 1.54) is 0 Å². The predicted molar refractivity (Wildman–Crippen MR) is 24.0 cm³/mol. The number of carboxylic acids is 2. The van der Waals surface area contributed by atoms with Gasteiger partial charge in [0.2, 0.25) is 0 Å². The van der Waals surface area contributed by atoms with Crippen molar-refractivity contribution in [3.8, 4) is 0 Å². The molecule has 4 nitrogen and oxygen atoms in total. The smallest absolute Gasteiger partial charge is 0.550 e. The summed E-state index contributed by atoms with van der Waals surface area (Å²) in [5.74, 6) is -1.92. The maximum absolute atomic E-state index is 9.00. The molecule has 0 saturated carbocycles. The predicted octanol–water partition coefficient (Wildman–Crippen LogP) is -1.16. The Hall–Kier alpha value is -0.320. The van der Waals surface area contributed by atoms with Gasteiger partial charge in [0.25, 0.3) is 5.97 Å². The Morgan fingerprint density at radius 2 is 1.33 bits per heavy atom. The molecule has 0 amide bonds. The fourth-order valence-electron chi connectivity index (χ4n) is 0. The minimum absolute atomic E-state index is 0. The monoisotopic (exact) mass is 226 g/mol. The summed E-state index contributed by atoms with van der Waals surface area (Å²) in [5.41, 5.74) is 0. The summed E-state index contributed by atoms with van der Waals surface area (Å²) in [5, 5.41) is 16.3. The minimum Gasteiger partial charge on any atom is -0.550 e. The standard InChI is InChI=1S/2C2H4O2.Ag/c2*1-2(3)4;/h2*1H3,(H,3,4);/q;;+1/p-1. The molecule has 0 atom stereocenters. The molecule has 58 valence electrons. The zero-order chi connectivity index (χ0) is 7.15. The molecule has 0 aromatic heterocycles. The zero-order valence-electron chi connectivity index (χ0n) is 4.97. The Morgan fingerprint density at radius 3 is 1.33 bits per heavy atom. The number of aliphatic carboxylic acids is 2. The molecular weight excluding hydrogens is 220 g/mol. The topological polar surface area (TPSA) is 77.4 Å². The van der Waals surface area contributed by atoms with E-state index in [1.807, 2.05) is 0 Å². The fraction of sp³-hybridized carbons (Fsp3) is 0.500. The van der Waals surface area contributed by atoms with E-state index in [0.717, 1.165) is 13.8 Å². The van der Waals surface area contributed by atoms with Crippen LogP contribution in [0.5, 0.6) is 0 Å². The summed E-state index contributed by atoms with van der Waals surface area (Å²) < 4.78 is 0. The number of carboxylic acid groups (broad SMARTS) is 2. The van der Waals surface area contributed by atoms with Crippen molar-refractivity contribution in [2.75, 3.05) is 0 Å². The van der Waals surface area contributed by atoms with Gasteiger partial charge >= 0.3 is 22.4 Å². The maximum Gasteiger partial charge on any atom is 1.00 e. The van der Waals surface area contributed by atoms with E-state index in [2.05, 4.69) is 0 Å². The van der Waals surface area contributed by atoms with E-state index in [9.17, 15) is 0 Å². The number of rotatable bonds is 0. The molecule has 0 bridgehead atoms. The second-order valence-corrected chi connectivity index (χ2v) is 1.01. The van der Waals surface area contributed by atoms with Gasteiger partial charge in [0.05, 0.1) is 0 Å². The molecule has 9 heavy (non-hydrogen) atoms. The molecule has 0 heterocycles. The first-order chi connectivity index (χ1) is 3.46. The minimum atomic E-state index is -1.08.